The molecule has 1 aromatic heterocycles. The summed E-state index contributed by atoms with van der Waals surface area (Å²) >= 11 is 6.02. The molecular weight excluding hydrogens is 200 g/mol. The van der Waals surface area contributed by atoms with Gasteiger partial charge < -0.3 is 10.6 Å². The first-order valence-corrected chi connectivity index (χ1v) is 5.05. The number of nitrogens with two attached hydrogens (primary N) is 1. The number of halogens is 1. The van der Waals surface area contributed by atoms with Crippen molar-refractivity contribution >= 4 is 11.6 Å². The summed E-state index contributed by atoms with van der Waals surface area (Å²) in [6.45, 7) is 3.59. The Labute approximate surface area is 89.6 Å². The molecule has 1 heterocycles. The molecule has 4 nitrogen and oxygen atoms in total. The molecule has 2 N–H and O–H groups in total. The third-order valence-electron chi connectivity index (χ3n) is 2.05. The summed E-state index contributed by atoms with van der Waals surface area (Å²) in [7, 11) is 3.97. The molecule has 0 amide bonds. The Kier molecular flexibility index (Phi) is 3.92. The van der Waals surface area contributed by atoms with Crippen LogP contribution < -0.4 is 5.73 Å². The van der Waals surface area contributed by atoms with Gasteiger partial charge in [0.2, 0.25) is 0 Å². The van der Waals surface area contributed by atoms with Gasteiger partial charge in [0.1, 0.15) is 0 Å². The predicted octanol–water partition coefficient (Wildman–Crippen LogP) is 1.12. The first-order chi connectivity index (χ1) is 6.56. The summed E-state index contributed by atoms with van der Waals surface area (Å²) in [5.74, 6) is 0. The Morgan fingerprint density at radius 1 is 1.64 bits per heavy atom. The van der Waals surface area contributed by atoms with Crippen LogP contribution in [-0.4, -0.2) is 35.3 Å². The molecule has 0 saturated carbocycles. The van der Waals surface area contributed by atoms with Crippen LogP contribution in [0, 0.1) is 0 Å². The van der Waals surface area contributed by atoms with Crippen LogP contribution >= 0.6 is 11.6 Å². The summed E-state index contributed by atoms with van der Waals surface area (Å²) in [5, 5.41) is 4.80. The second-order valence-corrected chi connectivity index (χ2v) is 3.97. The lowest BCUT2D eigenvalue weighted by Gasteiger charge is -2.18. The van der Waals surface area contributed by atoms with Gasteiger partial charge in [0, 0.05) is 13.1 Å². The smallest absolute Gasteiger partial charge is 0.0834 e. The first-order valence-electron chi connectivity index (χ1n) is 4.67. The lowest BCUT2D eigenvalue weighted by molar-refractivity contribution is 0.366. The van der Waals surface area contributed by atoms with E-state index in [9.17, 15) is 0 Å². The topological polar surface area (TPSA) is 47.1 Å². The molecule has 0 fully saturated rings. The second kappa shape index (κ2) is 4.77. The van der Waals surface area contributed by atoms with Crippen LogP contribution in [0.15, 0.2) is 6.20 Å². The monoisotopic (exact) mass is 216 g/mol. The van der Waals surface area contributed by atoms with Gasteiger partial charge in [-0.05, 0) is 21.0 Å². The number of nitrogens with zero attached hydrogens (tertiary/aromatic N) is 3. The van der Waals surface area contributed by atoms with Gasteiger partial charge in [0.15, 0.2) is 0 Å². The van der Waals surface area contributed by atoms with Gasteiger partial charge in [-0.3, -0.25) is 4.68 Å². The van der Waals surface area contributed by atoms with E-state index in [2.05, 4.69) is 5.10 Å². The summed E-state index contributed by atoms with van der Waals surface area (Å²) in [5.41, 5.74) is 6.95. The van der Waals surface area contributed by atoms with Gasteiger partial charge in [-0.25, -0.2) is 0 Å². The highest BCUT2D eigenvalue weighted by Gasteiger charge is 2.16. The highest BCUT2D eigenvalue weighted by atomic mass is 35.5. The van der Waals surface area contributed by atoms with Crippen LogP contribution in [0.1, 0.15) is 18.7 Å². The van der Waals surface area contributed by atoms with Gasteiger partial charge in [-0.2, -0.15) is 5.10 Å². The van der Waals surface area contributed by atoms with Crippen molar-refractivity contribution in [3.8, 4) is 0 Å². The maximum atomic E-state index is 6.03. The molecule has 14 heavy (non-hydrogen) atoms. The molecule has 0 aliphatic rings. The van der Waals surface area contributed by atoms with Crippen molar-refractivity contribution in [1.29, 1.82) is 0 Å². The molecule has 1 unspecified atom stereocenters. The van der Waals surface area contributed by atoms with Gasteiger partial charge in [-0.15, -0.1) is 0 Å². The molecule has 1 atom stereocenters. The molecule has 0 saturated heterocycles. The highest BCUT2D eigenvalue weighted by molar-refractivity contribution is 6.31. The van der Waals surface area contributed by atoms with Crippen molar-refractivity contribution < 1.29 is 0 Å². The van der Waals surface area contributed by atoms with Crippen LogP contribution in [0.3, 0.4) is 0 Å². The summed E-state index contributed by atoms with van der Waals surface area (Å²) in [4.78, 5) is 2.04. The van der Waals surface area contributed by atoms with Crippen molar-refractivity contribution in [2.24, 2.45) is 5.73 Å². The zero-order valence-electron chi connectivity index (χ0n) is 8.87. The number of aromatic nitrogens is 2. The van der Waals surface area contributed by atoms with E-state index < -0.39 is 0 Å². The Bertz CT molecular complexity index is 295. The number of hydrogen-bond acceptors (Lipinski definition) is 3. The Morgan fingerprint density at radius 3 is 2.79 bits per heavy atom. The third-order valence-corrected chi connectivity index (χ3v) is 2.34. The average Bonchev–Trinajstić information content (AvgIpc) is 2.45. The molecule has 0 spiro atoms. The standard InChI is InChI=1S/C9H17ClN4/c1-4-14-9(7(10)5-12-14)8(11)6-13(2)3/h5,8H,4,6,11H2,1-3H3. The molecule has 0 aliphatic heterocycles. The van der Waals surface area contributed by atoms with E-state index in [1.54, 1.807) is 6.20 Å². The van der Waals surface area contributed by atoms with E-state index in [1.807, 2.05) is 30.6 Å². The SMILES string of the molecule is CCn1ncc(Cl)c1C(N)CN(C)C. The minimum absolute atomic E-state index is 0.0834. The van der Waals surface area contributed by atoms with Crippen LogP contribution in [0.4, 0.5) is 0 Å². The maximum Gasteiger partial charge on any atom is 0.0834 e. The van der Waals surface area contributed by atoms with E-state index in [0.717, 1.165) is 18.8 Å². The van der Waals surface area contributed by atoms with Crippen molar-refractivity contribution in [2.45, 2.75) is 19.5 Å². The Balaban J connectivity index is 2.86. The molecule has 80 valence electrons. The van der Waals surface area contributed by atoms with Gasteiger partial charge in [-0.1, -0.05) is 11.6 Å². The fraction of sp³-hybridized carbons (Fsp3) is 0.667. The van der Waals surface area contributed by atoms with Crippen LogP contribution in [0.5, 0.6) is 0 Å². The molecule has 1 aromatic rings. The van der Waals surface area contributed by atoms with Crippen molar-refractivity contribution in [3.05, 3.63) is 16.9 Å². The number of likely N-dealkylation sites (N-methyl/N-ethyl adjacent to an activating group) is 1. The lowest BCUT2D eigenvalue weighted by atomic mass is 10.2. The summed E-state index contributed by atoms with van der Waals surface area (Å²) < 4.78 is 1.84. The fourth-order valence-electron chi connectivity index (χ4n) is 1.47. The number of rotatable bonds is 4. The molecule has 1 rings (SSSR count). The molecular formula is C9H17ClN4. The summed E-state index contributed by atoms with van der Waals surface area (Å²) in [6, 6.07) is -0.0834. The van der Waals surface area contributed by atoms with E-state index in [4.69, 9.17) is 17.3 Å². The zero-order valence-corrected chi connectivity index (χ0v) is 9.62. The Morgan fingerprint density at radius 2 is 2.29 bits per heavy atom. The fourth-order valence-corrected chi connectivity index (χ4v) is 1.75. The molecule has 0 bridgehead atoms. The highest BCUT2D eigenvalue weighted by Crippen LogP contribution is 2.21. The zero-order chi connectivity index (χ0) is 10.7. The van der Waals surface area contributed by atoms with E-state index in [0.29, 0.717) is 5.02 Å². The molecule has 5 heteroatoms. The van der Waals surface area contributed by atoms with Gasteiger partial charge >= 0.3 is 0 Å². The van der Waals surface area contributed by atoms with E-state index >= 15 is 0 Å². The van der Waals surface area contributed by atoms with Crippen molar-refractivity contribution in [2.75, 3.05) is 20.6 Å². The largest absolute Gasteiger partial charge is 0.322 e. The van der Waals surface area contributed by atoms with Crippen molar-refractivity contribution in [1.82, 2.24) is 14.7 Å². The quantitative estimate of drug-likeness (QED) is 0.821. The van der Waals surface area contributed by atoms with E-state index in [1.165, 1.54) is 0 Å². The van der Waals surface area contributed by atoms with Gasteiger partial charge in [0.25, 0.3) is 0 Å². The normalized spacial score (nSPS) is 13.6. The van der Waals surface area contributed by atoms with Crippen LogP contribution in [-0.2, 0) is 6.54 Å². The molecule has 0 radical (unpaired) electrons. The van der Waals surface area contributed by atoms with E-state index in [-0.39, 0.29) is 6.04 Å². The minimum Gasteiger partial charge on any atom is -0.322 e. The lowest BCUT2D eigenvalue weighted by Crippen LogP contribution is -2.28. The Hall–Kier alpha value is -0.580. The van der Waals surface area contributed by atoms with Crippen LogP contribution in [0.2, 0.25) is 5.02 Å². The molecule has 0 aromatic carbocycles. The maximum absolute atomic E-state index is 6.03. The predicted molar refractivity (Wildman–Crippen MR) is 58.4 cm³/mol. The summed E-state index contributed by atoms with van der Waals surface area (Å²) in [6.07, 6.45) is 1.65. The first kappa shape index (κ1) is 11.5. The van der Waals surface area contributed by atoms with Crippen molar-refractivity contribution in [3.63, 3.8) is 0 Å². The molecule has 0 aliphatic carbocycles. The van der Waals surface area contributed by atoms with Gasteiger partial charge in [0.05, 0.1) is 23.0 Å². The number of hydrogen-bond donors (Lipinski definition) is 1. The average molecular weight is 217 g/mol. The third kappa shape index (κ3) is 2.47. The second-order valence-electron chi connectivity index (χ2n) is 3.56. The minimum atomic E-state index is -0.0834. The van der Waals surface area contributed by atoms with Crippen LogP contribution in [0.25, 0.3) is 0 Å². The number of aryl methyl sites for hydroxylation is 1.